The van der Waals surface area contributed by atoms with Crippen LogP contribution in [0.15, 0.2) is 18.2 Å². The van der Waals surface area contributed by atoms with Gasteiger partial charge in [-0.15, -0.1) is 0 Å². The highest BCUT2D eigenvalue weighted by Gasteiger charge is 2.21. The lowest BCUT2D eigenvalue weighted by atomic mass is 10.1. The molecule has 2 N–H and O–H groups in total. The number of nitrogens with zero attached hydrogens (tertiary/aromatic N) is 2. The third-order valence-corrected chi connectivity index (χ3v) is 3.08. The number of aromatic nitrogens is 2. The molecule has 0 saturated heterocycles. The second-order valence-corrected chi connectivity index (χ2v) is 5.19. The fourth-order valence-electron chi connectivity index (χ4n) is 2.29. The Morgan fingerprint density at radius 2 is 2.11 bits per heavy atom. The van der Waals surface area contributed by atoms with Crippen LogP contribution in [0.5, 0.6) is 0 Å². The molecule has 0 unspecified atom stereocenters. The maximum atomic E-state index is 6.02. The Balaban J connectivity index is 2.45. The molecule has 0 atom stereocenters. The summed E-state index contributed by atoms with van der Waals surface area (Å²) in [4.78, 5) is 4.44. The van der Waals surface area contributed by atoms with Crippen LogP contribution in [-0.4, -0.2) is 21.8 Å². The molecule has 0 aliphatic rings. The number of rotatable bonds is 4. The van der Waals surface area contributed by atoms with Crippen molar-refractivity contribution in [3.8, 4) is 0 Å². The second kappa shape index (κ2) is 4.61. The molecule has 98 valence electrons. The average molecular weight is 247 g/mol. The SMILES string of the molecule is CCOC(C)(C)Cn1c(N)nc2c(C)cccc21. The van der Waals surface area contributed by atoms with E-state index in [0.29, 0.717) is 19.1 Å². The number of nitrogens with two attached hydrogens (primary N) is 1. The van der Waals surface area contributed by atoms with Crippen molar-refractivity contribution in [2.45, 2.75) is 39.8 Å². The minimum Gasteiger partial charge on any atom is -0.374 e. The fraction of sp³-hybridized carbons (Fsp3) is 0.500. The summed E-state index contributed by atoms with van der Waals surface area (Å²) < 4.78 is 7.76. The van der Waals surface area contributed by atoms with E-state index >= 15 is 0 Å². The number of nitrogen functional groups attached to an aromatic ring is 1. The minimum absolute atomic E-state index is 0.250. The molecule has 0 saturated carbocycles. The Labute approximate surface area is 108 Å². The summed E-state index contributed by atoms with van der Waals surface area (Å²) in [6, 6.07) is 6.13. The Bertz CT molecular complexity index is 557. The Morgan fingerprint density at radius 1 is 1.39 bits per heavy atom. The zero-order valence-corrected chi connectivity index (χ0v) is 11.5. The molecule has 4 nitrogen and oxygen atoms in total. The van der Waals surface area contributed by atoms with Gasteiger partial charge in [0.15, 0.2) is 0 Å². The first kappa shape index (κ1) is 12.9. The summed E-state index contributed by atoms with van der Waals surface area (Å²) in [5.74, 6) is 0.548. The lowest BCUT2D eigenvalue weighted by Gasteiger charge is -2.25. The van der Waals surface area contributed by atoms with Crippen molar-refractivity contribution >= 4 is 17.0 Å². The van der Waals surface area contributed by atoms with Crippen LogP contribution >= 0.6 is 0 Å². The molecule has 1 aromatic carbocycles. The molecule has 0 spiro atoms. The van der Waals surface area contributed by atoms with E-state index in [4.69, 9.17) is 10.5 Å². The smallest absolute Gasteiger partial charge is 0.201 e. The maximum Gasteiger partial charge on any atom is 0.201 e. The molecule has 0 aliphatic carbocycles. The molecular formula is C14H21N3O. The number of anilines is 1. The zero-order valence-electron chi connectivity index (χ0n) is 11.5. The van der Waals surface area contributed by atoms with E-state index in [9.17, 15) is 0 Å². The van der Waals surface area contributed by atoms with E-state index in [2.05, 4.69) is 18.8 Å². The summed E-state index contributed by atoms with van der Waals surface area (Å²) in [6.07, 6.45) is 0. The number of hydrogen-bond donors (Lipinski definition) is 1. The van der Waals surface area contributed by atoms with Crippen molar-refractivity contribution in [2.75, 3.05) is 12.3 Å². The first-order valence-electron chi connectivity index (χ1n) is 6.30. The van der Waals surface area contributed by atoms with Crippen LogP contribution in [0.4, 0.5) is 5.95 Å². The van der Waals surface area contributed by atoms with Crippen LogP contribution in [0.3, 0.4) is 0 Å². The number of aryl methyl sites for hydroxylation is 1. The van der Waals surface area contributed by atoms with Gasteiger partial charge in [0.2, 0.25) is 5.95 Å². The van der Waals surface area contributed by atoms with Crippen molar-refractivity contribution in [1.29, 1.82) is 0 Å². The molecule has 18 heavy (non-hydrogen) atoms. The number of imidazole rings is 1. The van der Waals surface area contributed by atoms with Gasteiger partial charge in [0.05, 0.1) is 23.2 Å². The lowest BCUT2D eigenvalue weighted by molar-refractivity contribution is -0.0212. The molecular weight excluding hydrogens is 226 g/mol. The van der Waals surface area contributed by atoms with Crippen LogP contribution in [0.1, 0.15) is 26.3 Å². The molecule has 0 bridgehead atoms. The van der Waals surface area contributed by atoms with Crippen molar-refractivity contribution < 1.29 is 4.74 Å². The Morgan fingerprint density at radius 3 is 2.78 bits per heavy atom. The minimum atomic E-state index is -0.250. The average Bonchev–Trinajstić information content (AvgIpc) is 2.57. The van der Waals surface area contributed by atoms with Gasteiger partial charge >= 0.3 is 0 Å². The van der Waals surface area contributed by atoms with Gasteiger partial charge in [-0.25, -0.2) is 4.98 Å². The zero-order chi connectivity index (χ0) is 13.3. The molecule has 1 aromatic heterocycles. The number of fused-ring (bicyclic) bond motifs is 1. The summed E-state index contributed by atoms with van der Waals surface area (Å²) in [5, 5.41) is 0. The quantitative estimate of drug-likeness (QED) is 0.903. The number of para-hydroxylation sites is 1. The third-order valence-electron chi connectivity index (χ3n) is 3.08. The van der Waals surface area contributed by atoms with Gasteiger partial charge in [0.25, 0.3) is 0 Å². The van der Waals surface area contributed by atoms with Gasteiger partial charge in [-0.1, -0.05) is 12.1 Å². The fourth-order valence-corrected chi connectivity index (χ4v) is 2.29. The highest BCUT2D eigenvalue weighted by atomic mass is 16.5. The van der Waals surface area contributed by atoms with Crippen LogP contribution in [0.2, 0.25) is 0 Å². The van der Waals surface area contributed by atoms with Crippen molar-refractivity contribution in [1.82, 2.24) is 9.55 Å². The van der Waals surface area contributed by atoms with Gasteiger partial charge < -0.3 is 15.0 Å². The lowest BCUT2D eigenvalue weighted by Crippen LogP contribution is -2.31. The van der Waals surface area contributed by atoms with Gasteiger partial charge in [-0.05, 0) is 39.3 Å². The molecule has 0 fully saturated rings. The van der Waals surface area contributed by atoms with Gasteiger partial charge in [-0.3, -0.25) is 0 Å². The Kier molecular flexibility index (Phi) is 3.30. The molecule has 0 radical (unpaired) electrons. The summed E-state index contributed by atoms with van der Waals surface area (Å²) in [7, 11) is 0. The maximum absolute atomic E-state index is 6.02. The number of benzene rings is 1. The van der Waals surface area contributed by atoms with E-state index in [-0.39, 0.29) is 5.60 Å². The normalized spacial score (nSPS) is 12.2. The highest BCUT2D eigenvalue weighted by molar-refractivity contribution is 5.81. The third kappa shape index (κ3) is 2.34. The molecule has 0 amide bonds. The summed E-state index contributed by atoms with van der Waals surface area (Å²) in [5.41, 5.74) is 8.96. The predicted molar refractivity (Wildman–Crippen MR) is 74.6 cm³/mol. The first-order valence-corrected chi connectivity index (χ1v) is 6.30. The van der Waals surface area contributed by atoms with Gasteiger partial charge in [-0.2, -0.15) is 0 Å². The molecule has 1 heterocycles. The summed E-state index contributed by atoms with van der Waals surface area (Å²) in [6.45, 7) is 9.58. The van der Waals surface area contributed by atoms with Gasteiger partial charge in [0.1, 0.15) is 0 Å². The number of hydrogen-bond acceptors (Lipinski definition) is 3. The summed E-state index contributed by atoms with van der Waals surface area (Å²) >= 11 is 0. The molecule has 0 aliphatic heterocycles. The van der Waals surface area contributed by atoms with E-state index in [1.165, 1.54) is 0 Å². The van der Waals surface area contributed by atoms with E-state index in [0.717, 1.165) is 16.6 Å². The van der Waals surface area contributed by atoms with Crippen molar-refractivity contribution in [3.63, 3.8) is 0 Å². The number of ether oxygens (including phenoxy) is 1. The standard InChI is InChI=1S/C14H21N3O/c1-5-18-14(3,4)9-17-11-8-6-7-10(2)12(11)16-13(17)15/h6-8H,5,9H2,1-4H3,(H2,15,16). The van der Waals surface area contributed by atoms with Crippen LogP contribution < -0.4 is 5.73 Å². The molecule has 2 rings (SSSR count). The van der Waals surface area contributed by atoms with Crippen LogP contribution in [-0.2, 0) is 11.3 Å². The van der Waals surface area contributed by atoms with Crippen molar-refractivity contribution in [2.24, 2.45) is 0 Å². The largest absolute Gasteiger partial charge is 0.374 e. The highest BCUT2D eigenvalue weighted by Crippen LogP contribution is 2.24. The first-order chi connectivity index (χ1) is 8.44. The van der Waals surface area contributed by atoms with E-state index in [1.807, 2.05) is 36.6 Å². The monoisotopic (exact) mass is 247 g/mol. The van der Waals surface area contributed by atoms with Crippen LogP contribution in [0, 0.1) is 6.92 Å². The van der Waals surface area contributed by atoms with Crippen molar-refractivity contribution in [3.05, 3.63) is 23.8 Å². The Hall–Kier alpha value is -1.55. The van der Waals surface area contributed by atoms with Crippen LogP contribution in [0.25, 0.3) is 11.0 Å². The topological polar surface area (TPSA) is 53.1 Å². The van der Waals surface area contributed by atoms with Gasteiger partial charge in [0, 0.05) is 6.61 Å². The molecule has 2 aromatic rings. The molecule has 4 heteroatoms. The second-order valence-electron chi connectivity index (χ2n) is 5.19. The van der Waals surface area contributed by atoms with E-state index < -0.39 is 0 Å². The van der Waals surface area contributed by atoms with E-state index in [1.54, 1.807) is 0 Å². The predicted octanol–water partition coefficient (Wildman–Crippen LogP) is 2.74.